The van der Waals surface area contributed by atoms with Gasteiger partial charge in [0.2, 0.25) is 5.91 Å². The molecule has 0 aliphatic carbocycles. The molecule has 0 bridgehead atoms. The van der Waals surface area contributed by atoms with Crippen LogP contribution in [0, 0.1) is 5.82 Å². The first kappa shape index (κ1) is 22.0. The largest absolute Gasteiger partial charge is 0.493 e. The number of ether oxygens (including phenoxy) is 2. The fourth-order valence-electron chi connectivity index (χ4n) is 4.06. The van der Waals surface area contributed by atoms with Crippen LogP contribution in [0.15, 0.2) is 36.7 Å². The second-order valence-electron chi connectivity index (χ2n) is 7.91. The number of aromatic nitrogens is 2. The van der Waals surface area contributed by atoms with Crippen molar-refractivity contribution in [2.75, 3.05) is 33.4 Å². The molecule has 2 N–H and O–H groups in total. The highest BCUT2D eigenvalue weighted by Crippen LogP contribution is 2.36. The van der Waals surface area contributed by atoms with Crippen LogP contribution in [-0.2, 0) is 0 Å². The second-order valence-corrected chi connectivity index (χ2v) is 7.91. The zero-order valence-corrected chi connectivity index (χ0v) is 18.1. The Labute approximate surface area is 186 Å². The van der Waals surface area contributed by atoms with Crippen LogP contribution in [0.2, 0.25) is 0 Å². The molecule has 168 valence electrons. The van der Waals surface area contributed by atoms with Gasteiger partial charge in [0.1, 0.15) is 12.1 Å². The third-order valence-corrected chi connectivity index (χ3v) is 5.75. The molecule has 0 saturated carbocycles. The lowest BCUT2D eigenvalue weighted by Gasteiger charge is -2.26. The van der Waals surface area contributed by atoms with Gasteiger partial charge in [0.25, 0.3) is 0 Å². The zero-order chi connectivity index (χ0) is 22.5. The number of amides is 1. The normalized spacial score (nSPS) is 14.4. The maximum absolute atomic E-state index is 14.7. The molecule has 0 spiro atoms. The molecule has 32 heavy (non-hydrogen) atoms. The predicted octanol–water partition coefficient (Wildman–Crippen LogP) is 3.80. The summed E-state index contributed by atoms with van der Waals surface area (Å²) < 4.78 is 26.2. The van der Waals surface area contributed by atoms with E-state index in [1.54, 1.807) is 19.2 Å². The zero-order valence-electron chi connectivity index (χ0n) is 18.1. The smallest absolute Gasteiger partial charge is 0.248 e. The lowest BCUT2D eigenvalue weighted by atomic mass is 10.0. The van der Waals surface area contributed by atoms with E-state index in [1.807, 2.05) is 0 Å². The molecule has 0 radical (unpaired) electrons. The van der Waals surface area contributed by atoms with Crippen LogP contribution in [0.1, 0.15) is 36.0 Å². The average Bonchev–Trinajstić information content (AvgIpc) is 2.81. The summed E-state index contributed by atoms with van der Waals surface area (Å²) in [4.78, 5) is 22.4. The molecule has 7 nitrogen and oxygen atoms in total. The Hall–Kier alpha value is -3.26. The number of nitrogens with zero attached hydrogens (tertiary/aromatic N) is 3. The van der Waals surface area contributed by atoms with Crippen molar-refractivity contribution < 1.29 is 18.7 Å². The van der Waals surface area contributed by atoms with E-state index in [0.29, 0.717) is 34.7 Å². The van der Waals surface area contributed by atoms with Crippen molar-refractivity contribution in [2.24, 2.45) is 5.73 Å². The van der Waals surface area contributed by atoms with Crippen LogP contribution >= 0.6 is 0 Å². The van der Waals surface area contributed by atoms with E-state index in [0.717, 1.165) is 32.1 Å². The molecule has 1 aliphatic rings. The number of fused-ring (bicyclic) bond motifs is 1. The fourth-order valence-corrected chi connectivity index (χ4v) is 4.06. The summed E-state index contributed by atoms with van der Waals surface area (Å²) in [6.45, 7) is 3.91. The molecule has 1 fully saturated rings. The molecule has 1 amide bonds. The van der Waals surface area contributed by atoms with Gasteiger partial charge in [-0.05, 0) is 56.6 Å². The van der Waals surface area contributed by atoms with Gasteiger partial charge < -0.3 is 20.1 Å². The number of carbonyl (C=O) groups excluding carboxylic acids is 1. The Morgan fingerprint density at radius 3 is 2.66 bits per heavy atom. The van der Waals surface area contributed by atoms with Crippen LogP contribution in [0.5, 0.6) is 11.5 Å². The van der Waals surface area contributed by atoms with Crippen LogP contribution in [0.4, 0.5) is 4.39 Å². The number of primary amides is 1. The molecule has 2 heterocycles. The third kappa shape index (κ3) is 4.80. The van der Waals surface area contributed by atoms with Crippen molar-refractivity contribution in [2.45, 2.75) is 25.7 Å². The lowest BCUT2D eigenvalue weighted by Crippen LogP contribution is -2.31. The lowest BCUT2D eigenvalue weighted by molar-refractivity contribution is 0.1000. The summed E-state index contributed by atoms with van der Waals surface area (Å²) >= 11 is 0. The van der Waals surface area contributed by atoms with Gasteiger partial charge in [0.15, 0.2) is 11.5 Å². The number of halogens is 1. The number of carbonyl (C=O) groups is 1. The molecule has 0 unspecified atom stereocenters. The van der Waals surface area contributed by atoms with E-state index in [1.165, 1.54) is 37.7 Å². The maximum atomic E-state index is 14.7. The Morgan fingerprint density at radius 1 is 1.12 bits per heavy atom. The number of hydrogen-bond donors (Lipinski definition) is 1. The third-order valence-electron chi connectivity index (χ3n) is 5.75. The topological polar surface area (TPSA) is 90.6 Å². The monoisotopic (exact) mass is 438 g/mol. The van der Waals surface area contributed by atoms with Crippen LogP contribution in [0.3, 0.4) is 0 Å². The highest BCUT2D eigenvalue weighted by atomic mass is 19.1. The summed E-state index contributed by atoms with van der Waals surface area (Å²) in [7, 11) is 1.56. The summed E-state index contributed by atoms with van der Waals surface area (Å²) in [6.07, 6.45) is 6.17. The molecule has 8 heteroatoms. The minimum absolute atomic E-state index is 0.0995. The van der Waals surface area contributed by atoms with Gasteiger partial charge in [-0.1, -0.05) is 6.42 Å². The summed E-state index contributed by atoms with van der Waals surface area (Å²) in [5.41, 5.74) is 6.61. The molecule has 1 aliphatic heterocycles. The molecule has 3 aromatic rings. The van der Waals surface area contributed by atoms with Crippen molar-refractivity contribution in [3.05, 3.63) is 48.0 Å². The van der Waals surface area contributed by atoms with E-state index in [-0.39, 0.29) is 11.1 Å². The maximum Gasteiger partial charge on any atom is 0.248 e. The number of piperidine rings is 1. The summed E-state index contributed by atoms with van der Waals surface area (Å²) in [6, 6.07) is 7.63. The highest BCUT2D eigenvalue weighted by Gasteiger charge is 2.17. The summed E-state index contributed by atoms with van der Waals surface area (Å²) in [5.74, 6) is -0.154. The quantitative estimate of drug-likeness (QED) is 0.538. The van der Waals surface area contributed by atoms with Crippen LogP contribution in [0.25, 0.3) is 22.2 Å². The molecule has 1 saturated heterocycles. The van der Waals surface area contributed by atoms with Crippen molar-refractivity contribution in [1.82, 2.24) is 14.9 Å². The van der Waals surface area contributed by atoms with Gasteiger partial charge in [0.05, 0.1) is 24.9 Å². The second kappa shape index (κ2) is 9.91. The number of benzene rings is 2. The number of nitrogens with two attached hydrogens (primary N) is 1. The van der Waals surface area contributed by atoms with Crippen molar-refractivity contribution in [1.29, 1.82) is 0 Å². The molecular weight excluding hydrogens is 411 g/mol. The average molecular weight is 439 g/mol. The molecule has 4 rings (SSSR count). The van der Waals surface area contributed by atoms with Gasteiger partial charge in [-0.25, -0.2) is 14.4 Å². The van der Waals surface area contributed by atoms with Gasteiger partial charge in [-0.3, -0.25) is 4.79 Å². The molecular formula is C24H27FN4O3. The van der Waals surface area contributed by atoms with E-state index in [9.17, 15) is 9.18 Å². The minimum Gasteiger partial charge on any atom is -0.493 e. The van der Waals surface area contributed by atoms with Gasteiger partial charge in [-0.15, -0.1) is 0 Å². The predicted molar refractivity (Wildman–Crippen MR) is 120 cm³/mol. The molecule has 1 aromatic heterocycles. The van der Waals surface area contributed by atoms with Crippen LogP contribution in [-0.4, -0.2) is 54.1 Å². The number of likely N-dealkylation sites (tertiary alicyclic amines) is 1. The standard InChI is InChI=1S/C24H27FN4O3/c1-31-21-13-18-20(14-22(21)32-11-5-10-29-8-3-2-4-9-29)27-15-28-23(18)17-7-6-16(24(26)30)12-19(17)25/h6-7,12-15H,2-5,8-11H2,1H3,(H2,26,30). The fraction of sp³-hybridized carbons (Fsp3) is 0.375. The Kier molecular flexibility index (Phi) is 6.80. The van der Waals surface area contributed by atoms with Crippen molar-refractivity contribution >= 4 is 16.8 Å². The van der Waals surface area contributed by atoms with E-state index >= 15 is 0 Å². The Bertz CT molecular complexity index is 1120. The SMILES string of the molecule is COc1cc2c(-c3ccc(C(N)=O)cc3F)ncnc2cc1OCCCN1CCCCC1. The van der Waals surface area contributed by atoms with E-state index in [4.69, 9.17) is 15.2 Å². The Morgan fingerprint density at radius 2 is 1.94 bits per heavy atom. The van der Waals surface area contributed by atoms with Crippen LogP contribution < -0.4 is 15.2 Å². The summed E-state index contributed by atoms with van der Waals surface area (Å²) in [5, 5.41) is 0.621. The molecule has 2 aromatic carbocycles. The van der Waals surface area contributed by atoms with Gasteiger partial charge in [-0.2, -0.15) is 0 Å². The van der Waals surface area contributed by atoms with Crippen molar-refractivity contribution in [3.8, 4) is 22.8 Å². The van der Waals surface area contributed by atoms with E-state index in [2.05, 4.69) is 14.9 Å². The minimum atomic E-state index is -0.688. The molecule has 0 atom stereocenters. The number of hydrogen-bond acceptors (Lipinski definition) is 6. The highest BCUT2D eigenvalue weighted by molar-refractivity contribution is 5.96. The number of methoxy groups -OCH3 is 1. The first-order chi connectivity index (χ1) is 15.6. The van der Waals surface area contributed by atoms with Gasteiger partial charge >= 0.3 is 0 Å². The first-order valence-corrected chi connectivity index (χ1v) is 10.8. The van der Waals surface area contributed by atoms with E-state index < -0.39 is 11.7 Å². The Balaban J connectivity index is 1.56. The first-order valence-electron chi connectivity index (χ1n) is 10.8. The van der Waals surface area contributed by atoms with Gasteiger partial charge in [0, 0.05) is 29.1 Å². The number of rotatable bonds is 8. The van der Waals surface area contributed by atoms with Crippen molar-refractivity contribution in [3.63, 3.8) is 0 Å².